The number of para-hydroxylation sites is 1. The molecule has 1 saturated heterocycles. The molecule has 0 radical (unpaired) electrons. The van der Waals surface area contributed by atoms with Crippen molar-refractivity contribution < 1.29 is 13.6 Å². The van der Waals surface area contributed by atoms with Crippen LogP contribution in [-0.2, 0) is 6.54 Å². The van der Waals surface area contributed by atoms with E-state index in [0.29, 0.717) is 43.9 Å². The number of fused-ring (bicyclic) bond motifs is 1. The topological polar surface area (TPSA) is 48.5 Å². The smallest absolute Gasteiger partial charge is 0.253 e. The van der Waals surface area contributed by atoms with Crippen molar-refractivity contribution in [2.75, 3.05) is 30.9 Å². The van der Waals surface area contributed by atoms with Gasteiger partial charge in [-0.2, -0.15) is 0 Å². The highest BCUT2D eigenvalue weighted by molar-refractivity contribution is 8.00. The van der Waals surface area contributed by atoms with E-state index in [1.54, 1.807) is 6.20 Å². The maximum atomic E-state index is 14.0. The lowest BCUT2D eigenvalue weighted by Gasteiger charge is -2.35. The van der Waals surface area contributed by atoms with Crippen LogP contribution in [0.1, 0.15) is 21.5 Å². The zero-order valence-electron chi connectivity index (χ0n) is 19.9. The monoisotopic (exact) mass is 504 g/mol. The largest absolute Gasteiger partial charge is 0.336 e. The van der Waals surface area contributed by atoms with E-state index in [0.717, 1.165) is 33.1 Å². The lowest BCUT2D eigenvalue weighted by Crippen LogP contribution is -2.48. The summed E-state index contributed by atoms with van der Waals surface area (Å²) in [5.74, 6) is -1.12. The Morgan fingerprint density at radius 2 is 1.81 bits per heavy atom. The average molecular weight is 505 g/mol. The van der Waals surface area contributed by atoms with Crippen LogP contribution in [0.4, 0.5) is 14.5 Å². The highest BCUT2D eigenvalue weighted by atomic mass is 32.2. The van der Waals surface area contributed by atoms with Gasteiger partial charge in [0.25, 0.3) is 5.91 Å². The summed E-state index contributed by atoms with van der Waals surface area (Å²) in [5.41, 5.74) is 3.98. The van der Waals surface area contributed by atoms with Crippen molar-refractivity contribution in [2.45, 2.75) is 18.4 Å². The van der Waals surface area contributed by atoms with Crippen LogP contribution in [0.25, 0.3) is 10.9 Å². The molecule has 0 spiro atoms. The molecule has 1 fully saturated rings. The van der Waals surface area contributed by atoms with Gasteiger partial charge < -0.3 is 9.62 Å². The SMILES string of the molecule is Cc1cc(C(=O)N2CCN(Cc3ccc(F)cc3F)CC2)ccc1NSc1cccc2cccnc12. The van der Waals surface area contributed by atoms with Crippen molar-refractivity contribution in [3.05, 3.63) is 101 Å². The first-order valence-corrected chi connectivity index (χ1v) is 12.6. The first kappa shape index (κ1) is 24.2. The summed E-state index contributed by atoms with van der Waals surface area (Å²) in [7, 11) is 0. The molecule has 184 valence electrons. The number of nitrogens with one attached hydrogen (secondary N) is 1. The summed E-state index contributed by atoms with van der Waals surface area (Å²) in [6.45, 7) is 4.77. The Labute approximate surface area is 213 Å². The standard InChI is InChI=1S/C28H26F2N4OS/c1-19-16-21(8-10-25(19)32-36-26-6-2-4-20-5-3-11-31-27(20)26)28(35)34-14-12-33(13-15-34)18-22-7-9-23(29)17-24(22)30/h2-11,16-17,32H,12-15,18H2,1H3. The minimum absolute atomic E-state index is 0.0110. The number of anilines is 1. The fourth-order valence-corrected chi connectivity index (χ4v) is 5.22. The average Bonchev–Trinajstić information content (AvgIpc) is 2.89. The van der Waals surface area contributed by atoms with Crippen LogP contribution in [0, 0.1) is 18.6 Å². The molecule has 1 aliphatic heterocycles. The zero-order valence-corrected chi connectivity index (χ0v) is 20.7. The highest BCUT2D eigenvalue weighted by Crippen LogP contribution is 2.29. The Bertz CT molecular complexity index is 1400. The number of pyridine rings is 1. The Morgan fingerprint density at radius 1 is 1.00 bits per heavy atom. The van der Waals surface area contributed by atoms with Crippen LogP contribution < -0.4 is 4.72 Å². The first-order valence-electron chi connectivity index (χ1n) is 11.8. The molecular weight excluding hydrogens is 478 g/mol. The van der Waals surface area contributed by atoms with E-state index in [9.17, 15) is 13.6 Å². The number of nitrogens with zero attached hydrogens (tertiary/aromatic N) is 3. The number of hydrogen-bond donors (Lipinski definition) is 1. The summed E-state index contributed by atoms with van der Waals surface area (Å²) in [5, 5.41) is 1.09. The lowest BCUT2D eigenvalue weighted by molar-refractivity contribution is 0.0627. The van der Waals surface area contributed by atoms with Crippen molar-refractivity contribution in [3.8, 4) is 0 Å². The normalized spacial score (nSPS) is 14.2. The van der Waals surface area contributed by atoms with Gasteiger partial charge in [0.1, 0.15) is 11.6 Å². The number of benzene rings is 3. The summed E-state index contributed by atoms with van der Waals surface area (Å²) in [4.78, 5) is 22.6. The zero-order chi connectivity index (χ0) is 25.1. The quantitative estimate of drug-likeness (QED) is 0.332. The van der Waals surface area contributed by atoms with Crippen molar-refractivity contribution >= 4 is 34.4 Å². The van der Waals surface area contributed by atoms with Crippen molar-refractivity contribution in [1.82, 2.24) is 14.8 Å². The number of hydrogen-bond acceptors (Lipinski definition) is 5. The van der Waals surface area contributed by atoms with E-state index in [1.165, 1.54) is 24.1 Å². The molecule has 4 aromatic rings. The van der Waals surface area contributed by atoms with Gasteiger partial charge in [-0.15, -0.1) is 0 Å². The van der Waals surface area contributed by atoms with Crippen molar-refractivity contribution in [1.29, 1.82) is 0 Å². The second-order valence-corrected chi connectivity index (χ2v) is 9.72. The summed E-state index contributed by atoms with van der Waals surface area (Å²) < 4.78 is 30.5. The van der Waals surface area contributed by atoms with Crippen LogP contribution in [0.2, 0.25) is 0 Å². The van der Waals surface area contributed by atoms with Gasteiger partial charge in [-0.1, -0.05) is 24.3 Å². The predicted octanol–water partition coefficient (Wildman–Crippen LogP) is 5.90. The number of aryl methyl sites for hydroxylation is 1. The first-order chi connectivity index (χ1) is 17.5. The number of rotatable bonds is 6. The molecule has 5 nitrogen and oxygen atoms in total. The van der Waals surface area contributed by atoms with Gasteiger partial charge in [0, 0.05) is 67.2 Å². The van der Waals surface area contributed by atoms with E-state index in [-0.39, 0.29) is 5.91 Å². The van der Waals surface area contributed by atoms with Gasteiger partial charge in [0.05, 0.1) is 10.4 Å². The molecule has 1 aliphatic rings. The molecule has 0 saturated carbocycles. The van der Waals surface area contributed by atoms with E-state index in [1.807, 2.05) is 60.4 Å². The van der Waals surface area contributed by atoms with Crippen LogP contribution in [0.15, 0.2) is 77.8 Å². The summed E-state index contributed by atoms with van der Waals surface area (Å²) in [6, 6.07) is 19.4. The maximum Gasteiger partial charge on any atom is 0.253 e. The van der Waals surface area contributed by atoms with Gasteiger partial charge in [0.15, 0.2) is 0 Å². The molecule has 1 amide bonds. The van der Waals surface area contributed by atoms with Gasteiger partial charge in [-0.3, -0.25) is 14.7 Å². The third-order valence-electron chi connectivity index (χ3n) is 6.41. The minimum atomic E-state index is -0.577. The lowest BCUT2D eigenvalue weighted by atomic mass is 10.1. The molecular formula is C28H26F2N4OS. The Balaban J connectivity index is 1.18. The van der Waals surface area contributed by atoms with Crippen molar-refractivity contribution in [2.24, 2.45) is 0 Å². The highest BCUT2D eigenvalue weighted by Gasteiger charge is 2.23. The van der Waals surface area contributed by atoms with E-state index >= 15 is 0 Å². The minimum Gasteiger partial charge on any atom is -0.336 e. The van der Waals surface area contributed by atoms with E-state index in [4.69, 9.17) is 0 Å². The molecule has 0 atom stereocenters. The van der Waals surface area contributed by atoms with Crippen LogP contribution in [-0.4, -0.2) is 46.9 Å². The Morgan fingerprint density at radius 3 is 2.58 bits per heavy atom. The molecule has 2 heterocycles. The van der Waals surface area contributed by atoms with Gasteiger partial charge >= 0.3 is 0 Å². The molecule has 0 bridgehead atoms. The second kappa shape index (κ2) is 10.6. The number of aromatic nitrogens is 1. The Hall–Kier alpha value is -3.49. The molecule has 3 aromatic carbocycles. The molecule has 1 N–H and O–H groups in total. The number of carbonyl (C=O) groups is 1. The van der Waals surface area contributed by atoms with Gasteiger partial charge in [-0.25, -0.2) is 8.78 Å². The van der Waals surface area contributed by atoms with E-state index < -0.39 is 11.6 Å². The summed E-state index contributed by atoms with van der Waals surface area (Å²) >= 11 is 1.50. The van der Waals surface area contributed by atoms with Crippen LogP contribution in [0.5, 0.6) is 0 Å². The molecule has 1 aromatic heterocycles. The number of halogens is 2. The third kappa shape index (κ3) is 5.34. The molecule has 8 heteroatoms. The van der Waals surface area contributed by atoms with Crippen LogP contribution in [0.3, 0.4) is 0 Å². The molecule has 0 aliphatic carbocycles. The van der Waals surface area contributed by atoms with Crippen LogP contribution >= 0.6 is 11.9 Å². The fraction of sp³-hybridized carbons (Fsp3) is 0.214. The summed E-state index contributed by atoms with van der Waals surface area (Å²) in [6.07, 6.45) is 1.79. The third-order valence-corrected chi connectivity index (χ3v) is 7.28. The molecule has 36 heavy (non-hydrogen) atoms. The Kier molecular flexibility index (Phi) is 7.16. The molecule has 0 unspecified atom stereocenters. The second-order valence-electron chi connectivity index (χ2n) is 8.87. The number of amides is 1. The number of carbonyl (C=O) groups excluding carboxylic acids is 1. The maximum absolute atomic E-state index is 14.0. The molecule has 5 rings (SSSR count). The number of piperazine rings is 1. The van der Waals surface area contributed by atoms with Gasteiger partial charge in [0.2, 0.25) is 0 Å². The van der Waals surface area contributed by atoms with Gasteiger partial charge in [-0.05, 0) is 60.8 Å². The van der Waals surface area contributed by atoms with E-state index in [2.05, 4.69) is 14.6 Å². The fourth-order valence-electron chi connectivity index (χ4n) is 4.36. The predicted molar refractivity (Wildman–Crippen MR) is 140 cm³/mol. The van der Waals surface area contributed by atoms with Crippen molar-refractivity contribution in [3.63, 3.8) is 0 Å².